The van der Waals surface area contributed by atoms with Crippen LogP contribution in [-0.4, -0.2) is 40.6 Å². The van der Waals surface area contributed by atoms with Gasteiger partial charge in [-0.2, -0.15) is 13.2 Å². The van der Waals surface area contributed by atoms with Gasteiger partial charge < -0.3 is 15.8 Å². The molecule has 3 N–H and O–H groups in total. The number of nitrogen functional groups attached to an aromatic ring is 1. The molecule has 0 radical (unpaired) electrons. The predicted octanol–water partition coefficient (Wildman–Crippen LogP) is 1.66. The molecule has 0 aromatic heterocycles. The molecule has 20 heavy (non-hydrogen) atoms. The molecule has 9 heteroatoms. The summed E-state index contributed by atoms with van der Waals surface area (Å²) in [5.41, 5.74) is 6.06. The molecule has 0 atom stereocenters. The van der Waals surface area contributed by atoms with Crippen molar-refractivity contribution in [2.75, 3.05) is 37.1 Å². The number of alkyl halides is 3. The minimum absolute atomic E-state index is 0.0290. The van der Waals surface area contributed by atoms with Crippen molar-refractivity contribution in [3.8, 4) is 0 Å². The summed E-state index contributed by atoms with van der Waals surface area (Å²) in [5.74, 6) is 0. The number of anilines is 2. The first-order chi connectivity index (χ1) is 9.11. The number of nitrogens with two attached hydrogens (primary N) is 1. The number of rotatable bonds is 6. The molecule has 1 aromatic carbocycles. The van der Waals surface area contributed by atoms with Crippen LogP contribution in [0.25, 0.3) is 0 Å². The van der Waals surface area contributed by atoms with E-state index in [1.807, 2.05) is 0 Å². The van der Waals surface area contributed by atoms with Crippen molar-refractivity contribution in [2.45, 2.75) is 11.1 Å². The summed E-state index contributed by atoms with van der Waals surface area (Å²) in [6.45, 7) is -1.43. The Morgan fingerprint density at radius 2 is 2.00 bits per heavy atom. The van der Waals surface area contributed by atoms with Gasteiger partial charge in [-0.05, 0) is 12.1 Å². The largest absolute Gasteiger partial charge is 0.411 e. The molecule has 1 aromatic rings. The highest BCUT2D eigenvalue weighted by atomic mass is 32.2. The van der Waals surface area contributed by atoms with Crippen LogP contribution in [0.15, 0.2) is 23.1 Å². The Morgan fingerprint density at radius 1 is 1.35 bits per heavy atom. The Hall–Kier alpha value is -1.48. The lowest BCUT2D eigenvalue weighted by atomic mass is 10.2. The summed E-state index contributed by atoms with van der Waals surface area (Å²) in [7, 11) is -3.46. The van der Waals surface area contributed by atoms with Crippen molar-refractivity contribution in [2.24, 2.45) is 0 Å². The van der Waals surface area contributed by atoms with E-state index < -0.39 is 22.6 Å². The number of para-hydroxylation sites is 1. The lowest BCUT2D eigenvalue weighted by Crippen LogP contribution is -2.20. The van der Waals surface area contributed by atoms with Crippen molar-refractivity contribution < 1.29 is 26.3 Å². The van der Waals surface area contributed by atoms with E-state index in [0.717, 1.165) is 6.26 Å². The second-order valence-electron chi connectivity index (χ2n) is 4.08. The SMILES string of the molecule is CS(=O)(=O)c1cccc(NCCOCC(F)(F)F)c1N. The highest BCUT2D eigenvalue weighted by Gasteiger charge is 2.27. The fraction of sp³-hybridized carbons (Fsp3) is 0.455. The van der Waals surface area contributed by atoms with Gasteiger partial charge in [0.2, 0.25) is 0 Å². The molecule has 0 fully saturated rings. The normalized spacial score (nSPS) is 12.4. The van der Waals surface area contributed by atoms with E-state index in [4.69, 9.17) is 5.73 Å². The zero-order chi connectivity index (χ0) is 15.4. The van der Waals surface area contributed by atoms with Gasteiger partial charge in [0.25, 0.3) is 0 Å². The van der Waals surface area contributed by atoms with Gasteiger partial charge in [-0.25, -0.2) is 8.42 Å². The number of hydrogen-bond donors (Lipinski definition) is 2. The maximum Gasteiger partial charge on any atom is 0.411 e. The van der Waals surface area contributed by atoms with Crippen LogP contribution in [-0.2, 0) is 14.6 Å². The average Bonchev–Trinajstić information content (AvgIpc) is 2.27. The van der Waals surface area contributed by atoms with Gasteiger partial charge in [-0.3, -0.25) is 0 Å². The molecule has 0 saturated heterocycles. The second kappa shape index (κ2) is 6.31. The van der Waals surface area contributed by atoms with Crippen LogP contribution in [0.1, 0.15) is 0 Å². The summed E-state index contributed by atoms with van der Waals surface area (Å²) in [5, 5.41) is 2.73. The van der Waals surface area contributed by atoms with Crippen LogP contribution < -0.4 is 11.1 Å². The van der Waals surface area contributed by atoms with Crippen molar-refractivity contribution >= 4 is 21.2 Å². The number of nitrogens with one attached hydrogen (secondary N) is 1. The maximum absolute atomic E-state index is 11.8. The minimum Gasteiger partial charge on any atom is -0.396 e. The summed E-state index contributed by atoms with van der Waals surface area (Å²) < 4.78 is 62.7. The minimum atomic E-state index is -4.37. The number of benzene rings is 1. The molecule has 0 amide bonds. The van der Waals surface area contributed by atoms with Gasteiger partial charge >= 0.3 is 6.18 Å². The topological polar surface area (TPSA) is 81.4 Å². The zero-order valence-corrected chi connectivity index (χ0v) is 11.5. The maximum atomic E-state index is 11.8. The first-order valence-corrected chi connectivity index (χ1v) is 7.47. The molecule has 0 saturated carbocycles. The van der Waals surface area contributed by atoms with Gasteiger partial charge in [-0.15, -0.1) is 0 Å². The zero-order valence-electron chi connectivity index (χ0n) is 10.7. The van der Waals surface area contributed by atoms with E-state index in [1.54, 1.807) is 0 Å². The Morgan fingerprint density at radius 3 is 2.55 bits per heavy atom. The Labute approximate surface area is 114 Å². The van der Waals surface area contributed by atoms with E-state index in [0.29, 0.717) is 5.69 Å². The molecule has 114 valence electrons. The number of ether oxygens (including phenoxy) is 1. The molecule has 5 nitrogen and oxygen atoms in total. The first kappa shape index (κ1) is 16.6. The van der Waals surface area contributed by atoms with Gasteiger partial charge in [0.15, 0.2) is 9.84 Å². The van der Waals surface area contributed by atoms with Gasteiger partial charge in [0.1, 0.15) is 6.61 Å². The Kier molecular flexibility index (Phi) is 5.23. The molecule has 0 bridgehead atoms. The smallest absolute Gasteiger partial charge is 0.396 e. The highest BCUT2D eigenvalue weighted by Crippen LogP contribution is 2.26. The number of halogens is 3. The van der Waals surface area contributed by atoms with Gasteiger partial charge in [0.05, 0.1) is 22.9 Å². The quantitative estimate of drug-likeness (QED) is 0.617. The third kappa shape index (κ3) is 5.25. The van der Waals surface area contributed by atoms with Gasteiger partial charge in [-0.1, -0.05) is 6.07 Å². The molecule has 1 rings (SSSR count). The monoisotopic (exact) mass is 312 g/mol. The number of hydrogen-bond acceptors (Lipinski definition) is 5. The molecule has 0 unspecified atom stereocenters. The van der Waals surface area contributed by atoms with E-state index in [2.05, 4.69) is 10.1 Å². The molecule has 0 aliphatic rings. The third-order valence-corrected chi connectivity index (χ3v) is 3.45. The van der Waals surface area contributed by atoms with Crippen molar-refractivity contribution in [1.29, 1.82) is 0 Å². The van der Waals surface area contributed by atoms with Crippen molar-refractivity contribution in [3.63, 3.8) is 0 Å². The molecule has 0 spiro atoms. The Balaban J connectivity index is 2.58. The van der Waals surface area contributed by atoms with Crippen LogP contribution in [0.5, 0.6) is 0 Å². The summed E-state index contributed by atoms with van der Waals surface area (Å²) in [4.78, 5) is -0.0290. The highest BCUT2D eigenvalue weighted by molar-refractivity contribution is 7.90. The molecule has 0 aliphatic heterocycles. The fourth-order valence-corrected chi connectivity index (χ4v) is 2.30. The standard InChI is InChI=1S/C11H15F3N2O3S/c1-20(17,18)9-4-2-3-8(10(9)15)16-5-6-19-7-11(12,13)14/h2-4,16H,5-7,15H2,1H3. The molecule has 0 aliphatic carbocycles. The Bertz CT molecular complexity index is 559. The van der Waals surface area contributed by atoms with Gasteiger partial charge in [0, 0.05) is 12.8 Å². The van der Waals surface area contributed by atoms with Crippen LogP contribution >= 0.6 is 0 Å². The summed E-state index contributed by atoms with van der Waals surface area (Å²) in [6.07, 6.45) is -3.34. The van der Waals surface area contributed by atoms with Crippen molar-refractivity contribution in [3.05, 3.63) is 18.2 Å². The van der Waals surface area contributed by atoms with Crippen molar-refractivity contribution in [1.82, 2.24) is 0 Å². The average molecular weight is 312 g/mol. The van der Waals surface area contributed by atoms with E-state index >= 15 is 0 Å². The molecular formula is C11H15F3N2O3S. The number of sulfone groups is 1. The second-order valence-corrected chi connectivity index (χ2v) is 6.07. The van der Waals surface area contributed by atoms with Crippen LogP contribution in [0.4, 0.5) is 24.5 Å². The lowest BCUT2D eigenvalue weighted by Gasteiger charge is -2.12. The van der Waals surface area contributed by atoms with E-state index in [1.165, 1.54) is 18.2 Å². The fourth-order valence-electron chi connectivity index (χ4n) is 1.47. The molecule has 0 heterocycles. The summed E-state index contributed by atoms with van der Waals surface area (Å²) in [6, 6.07) is 4.38. The van der Waals surface area contributed by atoms with E-state index in [-0.39, 0.29) is 23.7 Å². The molecular weight excluding hydrogens is 297 g/mol. The summed E-state index contributed by atoms with van der Waals surface area (Å²) >= 11 is 0. The predicted molar refractivity (Wildman–Crippen MR) is 69.3 cm³/mol. The van der Waals surface area contributed by atoms with E-state index in [9.17, 15) is 21.6 Å². The lowest BCUT2D eigenvalue weighted by molar-refractivity contribution is -0.172. The first-order valence-electron chi connectivity index (χ1n) is 5.58. The third-order valence-electron chi connectivity index (χ3n) is 2.29. The van der Waals surface area contributed by atoms with Crippen LogP contribution in [0.3, 0.4) is 0 Å². The van der Waals surface area contributed by atoms with Crippen LogP contribution in [0, 0.1) is 0 Å². The van der Waals surface area contributed by atoms with Crippen LogP contribution in [0.2, 0.25) is 0 Å².